The van der Waals surface area contributed by atoms with Crippen molar-refractivity contribution in [3.05, 3.63) is 23.9 Å². The van der Waals surface area contributed by atoms with Gasteiger partial charge < -0.3 is 10.1 Å². The Morgan fingerprint density at radius 1 is 1.50 bits per heavy atom. The molecule has 0 saturated carbocycles. The number of piperidine rings is 1. The van der Waals surface area contributed by atoms with Crippen LogP contribution in [-0.2, 0) is 0 Å². The first kappa shape index (κ1) is 11.4. The minimum atomic E-state index is 0.637. The molecule has 2 heterocycles. The van der Waals surface area contributed by atoms with Crippen molar-refractivity contribution in [3.63, 3.8) is 0 Å². The summed E-state index contributed by atoms with van der Waals surface area (Å²) in [7, 11) is 0. The van der Waals surface area contributed by atoms with Gasteiger partial charge in [-0.1, -0.05) is 12.5 Å². The topological polar surface area (TPSA) is 34.1 Å². The molecule has 2 rings (SSSR count). The quantitative estimate of drug-likeness (QED) is 0.845. The van der Waals surface area contributed by atoms with Gasteiger partial charge in [-0.25, -0.2) is 4.98 Å². The Labute approximate surface area is 97.2 Å². The molecule has 88 valence electrons. The van der Waals surface area contributed by atoms with E-state index in [0.29, 0.717) is 6.04 Å². The number of aromatic nitrogens is 1. The predicted molar refractivity (Wildman–Crippen MR) is 64.7 cm³/mol. The summed E-state index contributed by atoms with van der Waals surface area (Å²) >= 11 is 0. The fraction of sp³-hybridized carbons (Fsp3) is 0.615. The molecule has 1 aromatic heterocycles. The van der Waals surface area contributed by atoms with E-state index in [1.165, 1.54) is 19.3 Å². The molecule has 1 aromatic rings. The van der Waals surface area contributed by atoms with Crippen molar-refractivity contribution < 1.29 is 4.74 Å². The van der Waals surface area contributed by atoms with E-state index in [9.17, 15) is 0 Å². The van der Waals surface area contributed by atoms with Crippen LogP contribution >= 0.6 is 0 Å². The van der Waals surface area contributed by atoms with Gasteiger partial charge in [0.25, 0.3) is 0 Å². The smallest absolute Gasteiger partial charge is 0.216 e. The van der Waals surface area contributed by atoms with Crippen LogP contribution in [0.25, 0.3) is 0 Å². The van der Waals surface area contributed by atoms with Crippen LogP contribution in [0.2, 0.25) is 0 Å². The van der Waals surface area contributed by atoms with Crippen LogP contribution in [0.4, 0.5) is 0 Å². The fourth-order valence-electron chi connectivity index (χ4n) is 2.09. The maximum atomic E-state index is 5.69. The summed E-state index contributed by atoms with van der Waals surface area (Å²) in [5.74, 6) is 0.776. The summed E-state index contributed by atoms with van der Waals surface area (Å²) in [4.78, 5) is 4.22. The van der Waals surface area contributed by atoms with Crippen molar-refractivity contribution in [2.24, 2.45) is 0 Å². The molecule has 0 bridgehead atoms. The molecule has 1 N–H and O–H groups in total. The van der Waals surface area contributed by atoms with Crippen molar-refractivity contribution in [1.29, 1.82) is 0 Å². The van der Waals surface area contributed by atoms with Crippen LogP contribution in [0.15, 0.2) is 18.3 Å². The highest BCUT2D eigenvalue weighted by molar-refractivity contribution is 5.23. The second-order valence-electron chi connectivity index (χ2n) is 4.41. The van der Waals surface area contributed by atoms with Gasteiger partial charge in [0.1, 0.15) is 0 Å². The number of hydrogen-bond donors (Lipinski definition) is 1. The van der Waals surface area contributed by atoms with Crippen molar-refractivity contribution in [3.8, 4) is 5.88 Å². The van der Waals surface area contributed by atoms with E-state index in [0.717, 1.165) is 31.0 Å². The molecule has 1 aliphatic heterocycles. The number of aryl methyl sites for hydroxylation is 1. The predicted octanol–water partition coefficient (Wildman–Crippen LogP) is 2.30. The van der Waals surface area contributed by atoms with E-state index in [1.807, 2.05) is 19.1 Å². The molecular weight excluding hydrogens is 200 g/mol. The Bertz CT molecular complexity index is 321. The lowest BCUT2D eigenvalue weighted by Crippen LogP contribution is -2.35. The summed E-state index contributed by atoms with van der Waals surface area (Å²) in [6.45, 7) is 3.95. The van der Waals surface area contributed by atoms with Crippen LogP contribution in [0.3, 0.4) is 0 Å². The van der Waals surface area contributed by atoms with Crippen molar-refractivity contribution in [1.82, 2.24) is 10.3 Å². The summed E-state index contributed by atoms with van der Waals surface area (Å²) in [6, 6.07) is 4.60. The molecule has 0 spiro atoms. The zero-order chi connectivity index (χ0) is 11.2. The monoisotopic (exact) mass is 220 g/mol. The lowest BCUT2D eigenvalue weighted by Gasteiger charge is -2.23. The molecule has 1 saturated heterocycles. The minimum absolute atomic E-state index is 0.637. The molecule has 0 aliphatic carbocycles. The lowest BCUT2D eigenvalue weighted by molar-refractivity contribution is 0.259. The van der Waals surface area contributed by atoms with Crippen LogP contribution in [-0.4, -0.2) is 24.2 Å². The summed E-state index contributed by atoms with van der Waals surface area (Å²) < 4.78 is 5.69. The first-order chi connectivity index (χ1) is 7.86. The standard InChI is InChI=1S/C13H20N2O/c1-11-5-4-9-15-13(11)16-10-7-12-6-2-3-8-14-12/h4-5,9,12,14H,2-3,6-8,10H2,1H3. The fourth-order valence-corrected chi connectivity index (χ4v) is 2.09. The van der Waals surface area contributed by atoms with E-state index in [2.05, 4.69) is 10.3 Å². The lowest BCUT2D eigenvalue weighted by atomic mass is 10.0. The molecular formula is C13H20N2O. The SMILES string of the molecule is Cc1cccnc1OCCC1CCCCN1. The zero-order valence-corrected chi connectivity index (χ0v) is 9.91. The van der Waals surface area contributed by atoms with Gasteiger partial charge in [-0.2, -0.15) is 0 Å². The van der Waals surface area contributed by atoms with E-state index in [1.54, 1.807) is 6.20 Å². The largest absolute Gasteiger partial charge is 0.477 e. The van der Waals surface area contributed by atoms with E-state index in [-0.39, 0.29) is 0 Å². The van der Waals surface area contributed by atoms with Gasteiger partial charge in [-0.05, 0) is 38.8 Å². The van der Waals surface area contributed by atoms with Crippen molar-refractivity contribution in [2.75, 3.05) is 13.2 Å². The average molecular weight is 220 g/mol. The Morgan fingerprint density at radius 2 is 2.44 bits per heavy atom. The molecule has 1 atom stereocenters. The first-order valence-electron chi connectivity index (χ1n) is 6.14. The van der Waals surface area contributed by atoms with Crippen molar-refractivity contribution in [2.45, 2.75) is 38.6 Å². The van der Waals surface area contributed by atoms with Crippen LogP contribution in [0.1, 0.15) is 31.2 Å². The van der Waals surface area contributed by atoms with Gasteiger partial charge in [-0.15, -0.1) is 0 Å². The average Bonchev–Trinajstić information content (AvgIpc) is 2.33. The Balaban J connectivity index is 1.73. The summed E-state index contributed by atoms with van der Waals surface area (Å²) in [6.07, 6.45) is 6.80. The molecule has 0 radical (unpaired) electrons. The van der Waals surface area contributed by atoms with E-state index >= 15 is 0 Å². The van der Waals surface area contributed by atoms with Crippen molar-refractivity contribution >= 4 is 0 Å². The molecule has 0 amide bonds. The number of rotatable bonds is 4. The molecule has 3 nitrogen and oxygen atoms in total. The molecule has 0 aromatic carbocycles. The maximum absolute atomic E-state index is 5.69. The third-order valence-electron chi connectivity index (χ3n) is 3.08. The summed E-state index contributed by atoms with van der Waals surface area (Å²) in [5, 5.41) is 3.52. The van der Waals surface area contributed by atoms with Gasteiger partial charge in [0.2, 0.25) is 5.88 Å². The normalized spacial score (nSPS) is 20.7. The number of hydrogen-bond acceptors (Lipinski definition) is 3. The van der Waals surface area contributed by atoms with Crippen LogP contribution < -0.4 is 10.1 Å². The molecule has 16 heavy (non-hydrogen) atoms. The highest BCUT2D eigenvalue weighted by Crippen LogP contribution is 2.14. The maximum Gasteiger partial charge on any atom is 0.216 e. The molecule has 3 heteroatoms. The van der Waals surface area contributed by atoms with Crippen LogP contribution in [0, 0.1) is 6.92 Å². The Hall–Kier alpha value is -1.09. The highest BCUT2D eigenvalue weighted by atomic mass is 16.5. The first-order valence-corrected chi connectivity index (χ1v) is 6.14. The highest BCUT2D eigenvalue weighted by Gasteiger charge is 2.12. The second-order valence-corrected chi connectivity index (χ2v) is 4.41. The van der Waals surface area contributed by atoms with Gasteiger partial charge in [0.15, 0.2) is 0 Å². The number of pyridine rings is 1. The molecule has 1 aliphatic rings. The Kier molecular flexibility index (Phi) is 4.17. The van der Waals surface area contributed by atoms with Crippen LogP contribution in [0.5, 0.6) is 5.88 Å². The number of nitrogens with zero attached hydrogens (tertiary/aromatic N) is 1. The van der Waals surface area contributed by atoms with Gasteiger partial charge in [0.05, 0.1) is 6.61 Å². The third-order valence-corrected chi connectivity index (χ3v) is 3.08. The van der Waals surface area contributed by atoms with Gasteiger partial charge >= 0.3 is 0 Å². The van der Waals surface area contributed by atoms with E-state index < -0.39 is 0 Å². The number of nitrogens with one attached hydrogen (secondary N) is 1. The van der Waals surface area contributed by atoms with Gasteiger partial charge in [-0.3, -0.25) is 0 Å². The number of ether oxygens (including phenoxy) is 1. The minimum Gasteiger partial charge on any atom is -0.477 e. The second kappa shape index (κ2) is 5.85. The zero-order valence-electron chi connectivity index (χ0n) is 9.91. The summed E-state index contributed by atoms with van der Waals surface area (Å²) in [5.41, 5.74) is 1.11. The third kappa shape index (κ3) is 3.20. The molecule has 1 unspecified atom stereocenters. The Morgan fingerprint density at radius 3 is 3.19 bits per heavy atom. The molecule has 1 fully saturated rings. The van der Waals surface area contributed by atoms with E-state index in [4.69, 9.17) is 4.74 Å². The van der Waals surface area contributed by atoms with Gasteiger partial charge in [0, 0.05) is 17.8 Å².